The molecule has 10 nitrogen and oxygen atoms in total. The van der Waals surface area contributed by atoms with Crippen LogP contribution in [0.3, 0.4) is 0 Å². The summed E-state index contributed by atoms with van der Waals surface area (Å²) in [6, 6.07) is 3.87. The first-order chi connectivity index (χ1) is 24.9. The monoisotopic (exact) mass is 731 g/mol. The summed E-state index contributed by atoms with van der Waals surface area (Å²) in [6.07, 6.45) is 11.7. The highest BCUT2D eigenvalue weighted by Gasteiger charge is 2.72. The molecule has 3 saturated carbocycles. The molecule has 3 heterocycles. The van der Waals surface area contributed by atoms with Crippen molar-refractivity contribution >= 4 is 6.16 Å². The third kappa shape index (κ3) is 5.65. The second kappa shape index (κ2) is 13.1. The van der Waals surface area contributed by atoms with E-state index in [0.29, 0.717) is 37.6 Å². The van der Waals surface area contributed by atoms with Gasteiger partial charge < -0.3 is 25.1 Å². The maximum absolute atomic E-state index is 12.5. The molecule has 0 radical (unpaired) electrons. The zero-order chi connectivity index (χ0) is 38.4. The van der Waals surface area contributed by atoms with Crippen molar-refractivity contribution in [1.82, 2.24) is 19.7 Å². The Balaban J connectivity index is 1.35. The second-order valence-electron chi connectivity index (χ2n) is 19.8. The molecule has 1 saturated heterocycles. The highest BCUT2D eigenvalue weighted by molar-refractivity contribution is 5.57. The average molecular weight is 732 g/mol. The number of carboxylic acid groups (broad SMARTS) is 1. The first-order valence-corrected chi connectivity index (χ1v) is 20.2. The summed E-state index contributed by atoms with van der Waals surface area (Å²) >= 11 is 0. The Morgan fingerprint density at radius 3 is 2.53 bits per heavy atom. The minimum Gasteiger partial charge on any atom is -0.450 e. The molecular weight excluding hydrogens is 667 g/mol. The van der Waals surface area contributed by atoms with Crippen molar-refractivity contribution in [2.45, 2.75) is 132 Å². The molecule has 1 aliphatic heterocycles. The van der Waals surface area contributed by atoms with Crippen LogP contribution in [0.15, 0.2) is 42.5 Å². The van der Waals surface area contributed by atoms with Gasteiger partial charge in [-0.05, 0) is 92.6 Å². The SMILES string of the molecule is CC(C)[C@@H](C)[C@@]1(C)CC[C@]2(C)[C@H]3CC[C@@H]4[C@@]5(COC[C@@]4(C)[C@@H](OC[C@](C)(N)C(C)C)[C@H](n4ncnc4-c4cccnc4)C5)C3=CC[C@]2(C)[C@@H]1OC(=O)O. The van der Waals surface area contributed by atoms with Gasteiger partial charge in [-0.25, -0.2) is 14.5 Å². The van der Waals surface area contributed by atoms with E-state index in [-0.39, 0.29) is 51.1 Å². The van der Waals surface area contributed by atoms with E-state index in [1.807, 2.05) is 18.3 Å². The fourth-order valence-electron chi connectivity index (χ4n) is 12.5. The highest BCUT2D eigenvalue weighted by Crippen LogP contribution is 2.74. The lowest BCUT2D eigenvalue weighted by Crippen LogP contribution is -2.70. The van der Waals surface area contributed by atoms with Gasteiger partial charge in [0.1, 0.15) is 12.4 Å². The predicted molar refractivity (Wildman–Crippen MR) is 205 cm³/mol. The lowest BCUT2D eigenvalue weighted by Gasteiger charge is -2.71. The van der Waals surface area contributed by atoms with E-state index in [0.717, 1.165) is 49.9 Å². The molecule has 12 atom stereocenters. The van der Waals surface area contributed by atoms with Crippen molar-refractivity contribution in [2.24, 2.45) is 62.4 Å². The molecule has 10 heteroatoms. The van der Waals surface area contributed by atoms with Gasteiger partial charge in [-0.2, -0.15) is 5.10 Å². The predicted octanol–water partition coefficient (Wildman–Crippen LogP) is 8.59. The van der Waals surface area contributed by atoms with E-state index in [9.17, 15) is 9.90 Å². The molecule has 2 aromatic rings. The third-order valence-corrected chi connectivity index (χ3v) is 16.6. The van der Waals surface area contributed by atoms with E-state index >= 15 is 0 Å². The summed E-state index contributed by atoms with van der Waals surface area (Å²) in [4.78, 5) is 21.7. The number of nitrogens with two attached hydrogens (primary N) is 1. The first-order valence-electron chi connectivity index (χ1n) is 20.2. The summed E-state index contributed by atoms with van der Waals surface area (Å²) < 4.78 is 22.2. The molecule has 2 aromatic heterocycles. The molecule has 292 valence electrons. The molecular formula is C43H65N5O5. The molecule has 5 aliphatic rings. The fourth-order valence-corrected chi connectivity index (χ4v) is 12.5. The van der Waals surface area contributed by atoms with Crippen LogP contribution >= 0.6 is 0 Å². The quantitative estimate of drug-likeness (QED) is 0.192. The summed E-state index contributed by atoms with van der Waals surface area (Å²) in [5, 5.41) is 15.2. The van der Waals surface area contributed by atoms with Gasteiger partial charge in [0.15, 0.2) is 5.82 Å². The Bertz CT molecular complexity index is 1710. The lowest BCUT2D eigenvalue weighted by molar-refractivity contribution is -0.256. The normalized spacial score (nSPS) is 41.1. The molecule has 4 fully saturated rings. The van der Waals surface area contributed by atoms with Gasteiger partial charge in [0.2, 0.25) is 0 Å². The Hall–Kier alpha value is -2.82. The Morgan fingerprint density at radius 1 is 1.11 bits per heavy atom. The van der Waals surface area contributed by atoms with Crippen molar-refractivity contribution in [2.75, 3.05) is 19.8 Å². The Kier molecular flexibility index (Phi) is 9.54. The van der Waals surface area contributed by atoms with E-state index in [1.165, 1.54) is 5.57 Å². The van der Waals surface area contributed by atoms with E-state index in [2.05, 4.69) is 85.0 Å². The number of allylic oxidation sites excluding steroid dienone is 1. The summed E-state index contributed by atoms with van der Waals surface area (Å²) in [7, 11) is 0. The first kappa shape index (κ1) is 38.5. The largest absolute Gasteiger partial charge is 0.506 e. The van der Waals surface area contributed by atoms with Crippen LogP contribution in [0.4, 0.5) is 4.79 Å². The topological polar surface area (TPSA) is 135 Å². The number of hydrogen-bond donors (Lipinski definition) is 2. The van der Waals surface area contributed by atoms with Crippen molar-refractivity contribution in [1.29, 1.82) is 0 Å². The van der Waals surface area contributed by atoms with Gasteiger partial charge in [0, 0.05) is 45.2 Å². The van der Waals surface area contributed by atoms with Crippen LogP contribution in [-0.2, 0) is 14.2 Å². The van der Waals surface area contributed by atoms with Crippen LogP contribution in [0, 0.1) is 56.7 Å². The number of aromatic nitrogens is 4. The van der Waals surface area contributed by atoms with Crippen LogP contribution in [-0.4, -0.2) is 68.6 Å². The zero-order valence-electron chi connectivity index (χ0n) is 33.9. The van der Waals surface area contributed by atoms with Crippen molar-refractivity contribution < 1.29 is 24.1 Å². The van der Waals surface area contributed by atoms with E-state index in [1.54, 1.807) is 12.5 Å². The summed E-state index contributed by atoms with van der Waals surface area (Å²) in [5.74, 6) is 2.37. The molecule has 3 N–H and O–H groups in total. The molecule has 2 bridgehead atoms. The van der Waals surface area contributed by atoms with Crippen molar-refractivity contribution in [3.8, 4) is 11.4 Å². The van der Waals surface area contributed by atoms with E-state index in [4.69, 9.17) is 30.0 Å². The van der Waals surface area contributed by atoms with Gasteiger partial charge in [-0.3, -0.25) is 4.98 Å². The molecule has 0 spiro atoms. The Morgan fingerprint density at radius 2 is 1.87 bits per heavy atom. The van der Waals surface area contributed by atoms with Crippen LogP contribution in [0.2, 0.25) is 0 Å². The standard InChI is InChI=1S/C43H65N5O5/c1-26(2)28(5)38(6)17-18-40(8)30-13-14-33-39(7)22-51-24-43(33,31(30)15-16-41(40,9)36(38)53-37(49)50)20-32(34(39)52-23-42(10,44)27(3)4)48-35(46-25-47-48)29-12-11-19-45-21-29/h11-12,15,19,21,25-28,30,32-34,36H,13-14,16-18,20,22-24,44H2,1-10H3,(H,49,50)/t28-,30+,32-,33+,34+,36-,38-,39-,40-,41-,42+,43+/m1/s1. The fraction of sp³-hybridized carbons (Fsp3) is 0.767. The Labute approximate surface area is 317 Å². The zero-order valence-corrected chi connectivity index (χ0v) is 33.9. The third-order valence-electron chi connectivity index (χ3n) is 16.6. The average Bonchev–Trinajstić information content (AvgIpc) is 3.60. The molecule has 0 aromatic carbocycles. The lowest BCUT2D eigenvalue weighted by atomic mass is 9.35. The number of hydrogen-bond acceptors (Lipinski definition) is 8. The van der Waals surface area contributed by atoms with Crippen molar-refractivity contribution in [3.05, 3.63) is 42.5 Å². The molecule has 0 amide bonds. The number of rotatable bonds is 9. The van der Waals surface area contributed by atoms with Gasteiger partial charge >= 0.3 is 6.16 Å². The smallest absolute Gasteiger partial charge is 0.450 e. The van der Waals surface area contributed by atoms with Gasteiger partial charge in [0.05, 0.1) is 32.0 Å². The molecule has 4 aliphatic carbocycles. The molecule has 0 unspecified atom stereocenters. The van der Waals surface area contributed by atoms with Gasteiger partial charge in [-0.1, -0.05) is 74.0 Å². The molecule has 53 heavy (non-hydrogen) atoms. The van der Waals surface area contributed by atoms with Crippen LogP contribution in [0.1, 0.15) is 114 Å². The summed E-state index contributed by atoms with van der Waals surface area (Å²) in [5.41, 5.74) is 7.48. The minimum atomic E-state index is -1.17. The van der Waals surface area contributed by atoms with Crippen LogP contribution < -0.4 is 5.73 Å². The van der Waals surface area contributed by atoms with Crippen LogP contribution in [0.5, 0.6) is 0 Å². The second-order valence-corrected chi connectivity index (χ2v) is 19.8. The number of nitrogens with zero attached hydrogens (tertiary/aromatic N) is 4. The number of ether oxygens (including phenoxy) is 3. The highest BCUT2D eigenvalue weighted by atomic mass is 16.7. The van der Waals surface area contributed by atoms with Crippen molar-refractivity contribution in [3.63, 3.8) is 0 Å². The van der Waals surface area contributed by atoms with Crippen LogP contribution in [0.25, 0.3) is 11.4 Å². The van der Waals surface area contributed by atoms with Gasteiger partial charge in [-0.15, -0.1) is 0 Å². The summed E-state index contributed by atoms with van der Waals surface area (Å²) in [6.45, 7) is 24.4. The van der Waals surface area contributed by atoms with Gasteiger partial charge in [0.25, 0.3) is 0 Å². The van der Waals surface area contributed by atoms with E-state index < -0.39 is 17.8 Å². The minimum absolute atomic E-state index is 0.119. The number of fused-ring (bicyclic) bond motifs is 3. The number of carbonyl (C=O) groups is 1. The maximum atomic E-state index is 12.5. The molecule has 7 rings (SSSR count). The number of pyridine rings is 1. The maximum Gasteiger partial charge on any atom is 0.506 e.